The normalized spacial score (nSPS) is 14.5. The number of carboxylic acid groups (broad SMARTS) is 1. The Kier molecular flexibility index (Phi) is 6.07. The van der Waals surface area contributed by atoms with E-state index in [1.807, 2.05) is 6.07 Å². The highest BCUT2D eigenvalue weighted by molar-refractivity contribution is 5.82. The largest absolute Gasteiger partial charge is 0.465 e. The summed E-state index contributed by atoms with van der Waals surface area (Å²) in [6.07, 6.45) is 7.96. The summed E-state index contributed by atoms with van der Waals surface area (Å²) < 4.78 is 0. The summed E-state index contributed by atoms with van der Waals surface area (Å²) in [4.78, 5) is 10.1. The minimum Gasteiger partial charge on any atom is -0.465 e. The molecule has 1 aliphatic carbocycles. The molecular weight excluding hydrogens is 202 g/mol. The van der Waals surface area contributed by atoms with Crippen LogP contribution in [0.5, 0.6) is 0 Å². The molecule has 0 unspecified atom stereocenters. The Hall–Kier alpha value is -1.51. The van der Waals surface area contributed by atoms with Crippen molar-refractivity contribution in [3.05, 3.63) is 30.3 Å². The lowest BCUT2D eigenvalue weighted by molar-refractivity contribution is 0.210. The summed E-state index contributed by atoms with van der Waals surface area (Å²) in [7, 11) is 0. The van der Waals surface area contributed by atoms with E-state index in [2.05, 4.69) is 5.32 Å². The first kappa shape index (κ1) is 12.6. The summed E-state index contributed by atoms with van der Waals surface area (Å²) >= 11 is 0. The van der Waals surface area contributed by atoms with Crippen molar-refractivity contribution in [1.82, 2.24) is 0 Å². The second kappa shape index (κ2) is 7.74. The van der Waals surface area contributed by atoms with Gasteiger partial charge in [-0.25, -0.2) is 4.79 Å². The fourth-order valence-electron chi connectivity index (χ4n) is 1.71. The Labute approximate surface area is 96.5 Å². The highest BCUT2D eigenvalue weighted by atomic mass is 16.4. The smallest absolute Gasteiger partial charge is 0.409 e. The van der Waals surface area contributed by atoms with Gasteiger partial charge in [-0.2, -0.15) is 0 Å². The summed E-state index contributed by atoms with van der Waals surface area (Å²) in [5, 5.41) is 10.5. The maximum atomic E-state index is 10.1. The molecule has 1 aliphatic rings. The molecule has 1 aromatic rings. The van der Waals surface area contributed by atoms with Gasteiger partial charge in [0.2, 0.25) is 0 Å². The molecule has 0 bridgehead atoms. The molecule has 88 valence electrons. The minimum atomic E-state index is -1.04. The molecule has 3 nitrogen and oxygen atoms in total. The molecule has 2 rings (SSSR count). The minimum absolute atomic E-state index is 0.593. The molecule has 0 aliphatic heterocycles. The number of amides is 1. The van der Waals surface area contributed by atoms with Gasteiger partial charge >= 0.3 is 6.09 Å². The number of carbonyl (C=O) groups is 1. The van der Waals surface area contributed by atoms with Crippen LogP contribution < -0.4 is 5.32 Å². The second-order valence-corrected chi connectivity index (χ2v) is 3.92. The lowest BCUT2D eigenvalue weighted by Crippen LogP contribution is -2.06. The molecule has 16 heavy (non-hydrogen) atoms. The number of para-hydroxylation sites is 1. The summed E-state index contributed by atoms with van der Waals surface area (Å²) in [6.45, 7) is 0. The number of benzene rings is 1. The van der Waals surface area contributed by atoms with E-state index >= 15 is 0 Å². The average Bonchev–Trinajstić information content (AvgIpc) is 2.32. The third kappa shape index (κ3) is 6.06. The van der Waals surface area contributed by atoms with Gasteiger partial charge in [0.15, 0.2) is 0 Å². The first-order valence-electron chi connectivity index (χ1n) is 5.84. The fourth-order valence-corrected chi connectivity index (χ4v) is 1.71. The standard InChI is InChI=1S/C7H7NO2.C6H12/c9-7(10)8-6-4-2-1-3-5-6;1-2-4-6-5-3-1/h1-5,8H,(H,9,10);1-6H2. The van der Waals surface area contributed by atoms with Crippen LogP contribution in [0.1, 0.15) is 38.5 Å². The number of hydrogen-bond acceptors (Lipinski definition) is 1. The molecule has 0 spiro atoms. The van der Waals surface area contributed by atoms with E-state index in [0.29, 0.717) is 5.69 Å². The van der Waals surface area contributed by atoms with E-state index in [1.54, 1.807) is 24.3 Å². The molecule has 1 amide bonds. The van der Waals surface area contributed by atoms with Crippen molar-refractivity contribution < 1.29 is 9.90 Å². The van der Waals surface area contributed by atoms with Crippen LogP contribution in [0.25, 0.3) is 0 Å². The third-order valence-electron chi connectivity index (χ3n) is 2.53. The summed E-state index contributed by atoms with van der Waals surface area (Å²) in [6, 6.07) is 8.74. The fraction of sp³-hybridized carbons (Fsp3) is 0.462. The number of hydrogen-bond donors (Lipinski definition) is 2. The molecule has 1 aromatic carbocycles. The zero-order chi connectivity index (χ0) is 11.6. The maximum Gasteiger partial charge on any atom is 0.409 e. The quantitative estimate of drug-likeness (QED) is 0.749. The van der Waals surface area contributed by atoms with Gasteiger partial charge < -0.3 is 5.11 Å². The Morgan fingerprint density at radius 1 is 0.938 bits per heavy atom. The van der Waals surface area contributed by atoms with Crippen LogP contribution in [0, 0.1) is 0 Å². The van der Waals surface area contributed by atoms with Crippen LogP contribution in [0.4, 0.5) is 10.5 Å². The van der Waals surface area contributed by atoms with Crippen molar-refractivity contribution in [2.24, 2.45) is 0 Å². The van der Waals surface area contributed by atoms with Gasteiger partial charge in [0, 0.05) is 5.69 Å². The van der Waals surface area contributed by atoms with Crippen LogP contribution in [0.2, 0.25) is 0 Å². The van der Waals surface area contributed by atoms with Gasteiger partial charge in [0.25, 0.3) is 0 Å². The molecule has 1 fully saturated rings. The van der Waals surface area contributed by atoms with Crippen LogP contribution >= 0.6 is 0 Å². The first-order chi connectivity index (χ1) is 7.79. The Morgan fingerprint density at radius 2 is 1.38 bits per heavy atom. The monoisotopic (exact) mass is 221 g/mol. The van der Waals surface area contributed by atoms with E-state index in [1.165, 1.54) is 38.5 Å². The predicted octanol–water partition coefficient (Wildman–Crippen LogP) is 4.12. The molecule has 0 saturated heterocycles. The second-order valence-electron chi connectivity index (χ2n) is 3.92. The molecule has 0 aromatic heterocycles. The number of nitrogens with one attached hydrogen (secondary N) is 1. The summed E-state index contributed by atoms with van der Waals surface area (Å²) in [5.41, 5.74) is 0.593. The van der Waals surface area contributed by atoms with Crippen LogP contribution in [0.15, 0.2) is 30.3 Å². The summed E-state index contributed by atoms with van der Waals surface area (Å²) in [5.74, 6) is 0. The van der Waals surface area contributed by atoms with Gasteiger partial charge in [-0.1, -0.05) is 56.7 Å². The van der Waals surface area contributed by atoms with Crippen LogP contribution in [-0.4, -0.2) is 11.2 Å². The van der Waals surface area contributed by atoms with Gasteiger partial charge in [-0.3, -0.25) is 5.32 Å². The molecule has 2 N–H and O–H groups in total. The highest BCUT2D eigenvalue weighted by Gasteiger charge is 1.95. The topological polar surface area (TPSA) is 49.3 Å². The van der Waals surface area contributed by atoms with Gasteiger partial charge in [0.1, 0.15) is 0 Å². The van der Waals surface area contributed by atoms with E-state index < -0.39 is 6.09 Å². The molecule has 0 radical (unpaired) electrons. The number of rotatable bonds is 1. The molecular formula is C13H19NO2. The zero-order valence-corrected chi connectivity index (χ0v) is 9.48. The van der Waals surface area contributed by atoms with Crippen LogP contribution in [0.3, 0.4) is 0 Å². The lowest BCUT2D eigenvalue weighted by Gasteiger charge is -2.05. The lowest BCUT2D eigenvalue weighted by atomic mass is 10.0. The highest BCUT2D eigenvalue weighted by Crippen LogP contribution is 2.15. The van der Waals surface area contributed by atoms with E-state index in [0.717, 1.165) is 0 Å². The molecule has 3 heteroatoms. The zero-order valence-electron chi connectivity index (χ0n) is 9.48. The molecule has 0 heterocycles. The SMILES string of the molecule is C1CCCCC1.O=C(O)Nc1ccccc1. The maximum absolute atomic E-state index is 10.1. The van der Waals surface area contributed by atoms with Crippen LogP contribution in [-0.2, 0) is 0 Å². The Balaban J connectivity index is 0.000000181. The van der Waals surface area contributed by atoms with Crippen molar-refractivity contribution in [2.75, 3.05) is 5.32 Å². The molecule has 1 saturated carbocycles. The van der Waals surface area contributed by atoms with Crippen molar-refractivity contribution >= 4 is 11.8 Å². The Bertz CT molecular complexity index is 283. The van der Waals surface area contributed by atoms with E-state index in [4.69, 9.17) is 5.11 Å². The van der Waals surface area contributed by atoms with Crippen molar-refractivity contribution in [2.45, 2.75) is 38.5 Å². The van der Waals surface area contributed by atoms with Crippen molar-refractivity contribution in [1.29, 1.82) is 0 Å². The van der Waals surface area contributed by atoms with Crippen molar-refractivity contribution in [3.8, 4) is 0 Å². The van der Waals surface area contributed by atoms with Crippen molar-refractivity contribution in [3.63, 3.8) is 0 Å². The van der Waals surface area contributed by atoms with Gasteiger partial charge in [0.05, 0.1) is 0 Å². The Morgan fingerprint density at radius 3 is 1.75 bits per heavy atom. The average molecular weight is 221 g/mol. The predicted molar refractivity (Wildman–Crippen MR) is 65.8 cm³/mol. The van der Waals surface area contributed by atoms with Gasteiger partial charge in [-0.15, -0.1) is 0 Å². The van der Waals surface area contributed by atoms with E-state index in [9.17, 15) is 4.79 Å². The molecule has 0 atom stereocenters. The van der Waals surface area contributed by atoms with Gasteiger partial charge in [-0.05, 0) is 12.1 Å². The number of anilines is 1. The third-order valence-corrected chi connectivity index (χ3v) is 2.53. The first-order valence-corrected chi connectivity index (χ1v) is 5.84. The van der Waals surface area contributed by atoms with E-state index in [-0.39, 0.29) is 0 Å².